The number of hydrogen-bond acceptors (Lipinski definition) is 4. The maximum Gasteiger partial charge on any atom is 0.357 e. The van der Waals surface area contributed by atoms with Gasteiger partial charge in [0.15, 0.2) is 5.78 Å². The Balaban J connectivity index is 2.41. The third kappa shape index (κ3) is 5.08. The average molecular weight is 433 g/mol. The minimum Gasteiger partial charge on any atom is -0.368 e. The fourth-order valence-corrected chi connectivity index (χ4v) is 4.57. The van der Waals surface area contributed by atoms with Crippen molar-refractivity contribution in [1.82, 2.24) is 0 Å². The Hall–Kier alpha value is -0.840. The molecule has 0 aliphatic heterocycles. The van der Waals surface area contributed by atoms with Gasteiger partial charge in [-0.2, -0.15) is 0 Å². The molecule has 0 aromatic heterocycles. The second kappa shape index (κ2) is 9.02. The van der Waals surface area contributed by atoms with E-state index in [4.69, 9.17) is 20.6 Å². The summed E-state index contributed by atoms with van der Waals surface area (Å²) >= 11 is 9.35. The lowest BCUT2D eigenvalue weighted by molar-refractivity contribution is 0.214. The topological polar surface area (TPSA) is 47.6 Å². The summed E-state index contributed by atoms with van der Waals surface area (Å²) in [5.41, 5.74) is 1.60. The highest BCUT2D eigenvalue weighted by Gasteiger charge is 2.37. The molecule has 4 nitrogen and oxygen atoms in total. The zero-order chi connectivity index (χ0) is 17.6. The maximum atomic E-state index is 13.3. The molecule has 0 spiro atoms. The highest BCUT2D eigenvalue weighted by atomic mass is 79.9. The zero-order valence-electron chi connectivity index (χ0n) is 13.5. The van der Waals surface area contributed by atoms with Crippen molar-refractivity contribution in [2.75, 3.05) is 18.5 Å². The van der Waals surface area contributed by atoms with Crippen molar-refractivity contribution in [3.05, 3.63) is 63.6 Å². The SMILES string of the molecule is CCOP(=O)(OCC)C(Nc1ccc(Cl)cc1)c1ccc(Br)cc1. The molecule has 0 fully saturated rings. The van der Waals surface area contributed by atoms with Crippen LogP contribution in [0.25, 0.3) is 0 Å². The van der Waals surface area contributed by atoms with Crippen LogP contribution in [0.15, 0.2) is 53.0 Å². The third-order valence-corrected chi connectivity index (χ3v) is 6.34. The molecule has 0 saturated heterocycles. The van der Waals surface area contributed by atoms with Crippen LogP contribution in [-0.4, -0.2) is 13.2 Å². The van der Waals surface area contributed by atoms with E-state index >= 15 is 0 Å². The van der Waals surface area contributed by atoms with Gasteiger partial charge in [-0.1, -0.05) is 39.7 Å². The normalized spacial score (nSPS) is 12.8. The van der Waals surface area contributed by atoms with Crippen molar-refractivity contribution >= 4 is 40.8 Å². The van der Waals surface area contributed by atoms with E-state index < -0.39 is 13.4 Å². The van der Waals surface area contributed by atoms with Crippen LogP contribution in [0.3, 0.4) is 0 Å². The van der Waals surface area contributed by atoms with Crippen LogP contribution in [0.2, 0.25) is 5.02 Å². The summed E-state index contributed by atoms with van der Waals surface area (Å²) < 4.78 is 25.4. The van der Waals surface area contributed by atoms with Gasteiger partial charge in [0.1, 0.15) is 0 Å². The van der Waals surface area contributed by atoms with Gasteiger partial charge in [-0.15, -0.1) is 0 Å². The lowest BCUT2D eigenvalue weighted by Gasteiger charge is -2.28. The average Bonchev–Trinajstić information content (AvgIpc) is 2.56. The number of nitrogens with one attached hydrogen (secondary N) is 1. The number of anilines is 1. The van der Waals surface area contributed by atoms with Gasteiger partial charge in [0.05, 0.1) is 13.2 Å². The monoisotopic (exact) mass is 431 g/mol. The summed E-state index contributed by atoms with van der Waals surface area (Å²) in [7, 11) is -3.40. The van der Waals surface area contributed by atoms with Crippen LogP contribution in [0, 0.1) is 0 Å². The summed E-state index contributed by atoms with van der Waals surface area (Å²) in [6, 6.07) is 14.8. The molecule has 130 valence electrons. The first-order chi connectivity index (χ1) is 11.5. The molecule has 24 heavy (non-hydrogen) atoms. The second-order valence-electron chi connectivity index (χ2n) is 4.98. The predicted octanol–water partition coefficient (Wildman–Crippen LogP) is 6.48. The first-order valence-electron chi connectivity index (χ1n) is 7.65. The third-order valence-electron chi connectivity index (χ3n) is 3.27. The van der Waals surface area contributed by atoms with E-state index in [1.807, 2.05) is 36.4 Å². The van der Waals surface area contributed by atoms with Crippen molar-refractivity contribution in [2.45, 2.75) is 19.6 Å². The molecule has 1 atom stereocenters. The summed E-state index contributed by atoms with van der Waals surface area (Å²) in [5.74, 6) is -0.619. The van der Waals surface area contributed by atoms with Crippen LogP contribution >= 0.6 is 35.1 Å². The van der Waals surface area contributed by atoms with Gasteiger partial charge < -0.3 is 14.4 Å². The van der Waals surface area contributed by atoms with Crippen molar-refractivity contribution in [3.63, 3.8) is 0 Å². The Kier molecular flexibility index (Phi) is 7.33. The quantitative estimate of drug-likeness (QED) is 0.485. The summed E-state index contributed by atoms with van der Waals surface area (Å²) in [6.45, 7) is 4.19. The first kappa shape index (κ1) is 19.5. The van der Waals surface area contributed by atoms with Gasteiger partial charge in [-0.05, 0) is 55.8 Å². The Morgan fingerprint density at radius 2 is 1.58 bits per heavy atom. The number of hydrogen-bond donors (Lipinski definition) is 1. The molecule has 7 heteroatoms. The molecule has 0 aliphatic carbocycles. The molecule has 0 bridgehead atoms. The van der Waals surface area contributed by atoms with Gasteiger partial charge in [0.2, 0.25) is 0 Å². The molecular formula is C17H20BrClNO3P. The molecule has 0 amide bonds. The molecule has 2 aromatic rings. The molecule has 0 radical (unpaired) electrons. The lowest BCUT2D eigenvalue weighted by atomic mass is 10.2. The minimum absolute atomic E-state index is 0.298. The van der Waals surface area contributed by atoms with E-state index in [-0.39, 0.29) is 0 Å². The molecular weight excluding hydrogens is 413 g/mol. The zero-order valence-corrected chi connectivity index (χ0v) is 16.8. The largest absolute Gasteiger partial charge is 0.368 e. The fourth-order valence-electron chi connectivity index (χ4n) is 2.24. The van der Waals surface area contributed by atoms with Gasteiger partial charge >= 0.3 is 7.60 Å². The molecule has 0 saturated carbocycles. The maximum absolute atomic E-state index is 13.3. The minimum atomic E-state index is -3.40. The van der Waals surface area contributed by atoms with E-state index in [0.717, 1.165) is 15.7 Å². The van der Waals surface area contributed by atoms with Crippen molar-refractivity contribution in [2.24, 2.45) is 0 Å². The van der Waals surface area contributed by atoms with Gasteiger partial charge in [0, 0.05) is 15.2 Å². The molecule has 2 aromatic carbocycles. The summed E-state index contributed by atoms with van der Waals surface area (Å²) in [4.78, 5) is 0. The van der Waals surface area contributed by atoms with E-state index in [9.17, 15) is 4.57 Å². The molecule has 0 aliphatic rings. The van der Waals surface area contributed by atoms with E-state index in [1.165, 1.54) is 0 Å². The smallest absolute Gasteiger partial charge is 0.357 e. The molecule has 1 N–H and O–H groups in total. The van der Waals surface area contributed by atoms with E-state index in [2.05, 4.69) is 21.2 Å². The van der Waals surface area contributed by atoms with Crippen LogP contribution in [-0.2, 0) is 13.6 Å². The molecule has 1 unspecified atom stereocenters. The van der Waals surface area contributed by atoms with E-state index in [0.29, 0.717) is 18.2 Å². The van der Waals surface area contributed by atoms with Gasteiger partial charge in [0.25, 0.3) is 0 Å². The van der Waals surface area contributed by atoms with Crippen LogP contribution < -0.4 is 5.32 Å². The Morgan fingerprint density at radius 1 is 1.04 bits per heavy atom. The second-order valence-corrected chi connectivity index (χ2v) is 8.45. The highest BCUT2D eigenvalue weighted by molar-refractivity contribution is 9.10. The Labute approximate surface area is 156 Å². The van der Waals surface area contributed by atoms with Crippen LogP contribution in [0.4, 0.5) is 5.69 Å². The lowest BCUT2D eigenvalue weighted by Crippen LogP contribution is -2.15. The summed E-state index contributed by atoms with van der Waals surface area (Å²) in [6.07, 6.45) is 0. The van der Waals surface area contributed by atoms with Crippen LogP contribution in [0.5, 0.6) is 0 Å². The van der Waals surface area contributed by atoms with Crippen molar-refractivity contribution < 1.29 is 13.6 Å². The van der Waals surface area contributed by atoms with Crippen LogP contribution in [0.1, 0.15) is 25.2 Å². The standard InChI is InChI=1S/C17H20BrClNO3P/c1-3-22-24(21,23-4-2)17(13-5-7-14(18)8-6-13)20-16-11-9-15(19)10-12-16/h5-12,17,20H,3-4H2,1-2H3. The molecule has 2 rings (SSSR count). The van der Waals surface area contributed by atoms with Crippen molar-refractivity contribution in [3.8, 4) is 0 Å². The fraction of sp³-hybridized carbons (Fsp3) is 0.294. The Morgan fingerprint density at radius 3 is 2.08 bits per heavy atom. The van der Waals surface area contributed by atoms with Gasteiger partial charge in [-0.25, -0.2) is 0 Å². The van der Waals surface area contributed by atoms with E-state index in [1.54, 1.807) is 26.0 Å². The van der Waals surface area contributed by atoms with Crippen molar-refractivity contribution in [1.29, 1.82) is 0 Å². The Bertz CT molecular complexity index is 684. The predicted molar refractivity (Wildman–Crippen MR) is 103 cm³/mol. The summed E-state index contributed by atoms with van der Waals surface area (Å²) in [5, 5.41) is 3.90. The number of halogens is 2. The highest BCUT2D eigenvalue weighted by Crippen LogP contribution is 2.60. The van der Waals surface area contributed by atoms with Gasteiger partial charge in [-0.3, -0.25) is 4.57 Å². The first-order valence-corrected chi connectivity index (χ1v) is 10.4. The molecule has 0 heterocycles. The number of rotatable bonds is 8. The number of benzene rings is 2.